The van der Waals surface area contributed by atoms with Gasteiger partial charge in [-0.1, -0.05) is 11.6 Å². The van der Waals surface area contributed by atoms with Crippen molar-refractivity contribution >= 4 is 24.2 Å². The molecule has 1 fully saturated rings. The van der Waals surface area contributed by atoms with Gasteiger partial charge in [0.05, 0.1) is 0 Å². The summed E-state index contributed by atoms with van der Waals surface area (Å²) >= 11 is 0. The number of nitrogens with two attached hydrogens (primary N) is 1. The molecule has 1 amide bonds. The Balaban J connectivity index is 2.26. The SMILES string of the molecule is Cc1c(CN)cc([B-](F)(F)F)c(C)c1N1CCN(C(=O)OC(C)(C)C)CC1. The predicted octanol–water partition coefficient (Wildman–Crippen LogP) is 2.87. The molecule has 0 aliphatic carbocycles. The zero-order valence-electron chi connectivity index (χ0n) is 16.6. The first kappa shape index (κ1) is 21.4. The fraction of sp³-hybridized carbons (Fsp3) is 0.611. The fourth-order valence-electron chi connectivity index (χ4n) is 3.44. The molecule has 1 aliphatic rings. The zero-order chi connectivity index (χ0) is 20.6. The maximum atomic E-state index is 13.5. The first-order valence-electron chi connectivity index (χ1n) is 9.11. The zero-order valence-corrected chi connectivity index (χ0v) is 16.6. The minimum atomic E-state index is -5.13. The molecule has 1 heterocycles. The van der Waals surface area contributed by atoms with Crippen molar-refractivity contribution in [1.29, 1.82) is 0 Å². The van der Waals surface area contributed by atoms with Crippen LogP contribution in [0.4, 0.5) is 23.4 Å². The highest BCUT2D eigenvalue weighted by Gasteiger charge is 2.32. The minimum absolute atomic E-state index is 0.0517. The van der Waals surface area contributed by atoms with Crippen molar-refractivity contribution < 1.29 is 22.5 Å². The van der Waals surface area contributed by atoms with Crippen LogP contribution in [-0.4, -0.2) is 49.8 Å². The van der Waals surface area contributed by atoms with Gasteiger partial charge >= 0.3 is 13.1 Å². The van der Waals surface area contributed by atoms with Crippen LogP contribution in [0.2, 0.25) is 0 Å². The van der Waals surface area contributed by atoms with Crippen molar-refractivity contribution in [3.63, 3.8) is 0 Å². The Hall–Kier alpha value is -1.90. The summed E-state index contributed by atoms with van der Waals surface area (Å²) in [6, 6.07) is 1.17. The molecule has 152 valence electrons. The summed E-state index contributed by atoms with van der Waals surface area (Å²) in [5, 5.41) is 0. The number of rotatable bonds is 3. The van der Waals surface area contributed by atoms with Gasteiger partial charge in [0.15, 0.2) is 0 Å². The summed E-state index contributed by atoms with van der Waals surface area (Å²) in [4.78, 5) is 15.7. The summed E-state index contributed by atoms with van der Waals surface area (Å²) in [7, 11) is 0. The highest BCUT2D eigenvalue weighted by molar-refractivity contribution is 6.74. The Labute approximate surface area is 158 Å². The molecule has 1 aromatic carbocycles. The standard InChI is InChI=1S/C18H28BF3N3O2/c1-12-14(11-23)10-15(19(20,21)22)13(2)16(12)24-6-8-25(9-7-24)17(26)27-18(3,4)5/h10H,6-9,11,23H2,1-5H3/q-1. The number of halogens is 3. The third-order valence-electron chi connectivity index (χ3n) is 4.77. The number of anilines is 1. The summed E-state index contributed by atoms with van der Waals surface area (Å²) in [6.07, 6.45) is -0.398. The van der Waals surface area contributed by atoms with Gasteiger partial charge < -0.3 is 33.2 Å². The van der Waals surface area contributed by atoms with Crippen LogP contribution in [0.1, 0.15) is 37.5 Å². The van der Waals surface area contributed by atoms with E-state index in [-0.39, 0.29) is 12.1 Å². The number of ether oxygens (including phenoxy) is 1. The van der Waals surface area contributed by atoms with Gasteiger partial charge in [0.2, 0.25) is 0 Å². The molecule has 2 rings (SSSR count). The minimum Gasteiger partial charge on any atom is -0.445 e. The maximum Gasteiger partial charge on any atom is 0.509 e. The van der Waals surface area contributed by atoms with E-state index >= 15 is 0 Å². The van der Waals surface area contributed by atoms with Gasteiger partial charge in [0, 0.05) is 38.4 Å². The molecule has 0 spiro atoms. The van der Waals surface area contributed by atoms with E-state index in [0.717, 1.165) is 5.56 Å². The Morgan fingerprint density at radius 1 is 1.15 bits per heavy atom. The lowest BCUT2D eigenvalue weighted by Crippen LogP contribution is -2.51. The molecule has 2 N–H and O–H groups in total. The molecule has 1 aliphatic heterocycles. The van der Waals surface area contributed by atoms with Crippen LogP contribution in [-0.2, 0) is 11.3 Å². The average Bonchev–Trinajstić information content (AvgIpc) is 2.53. The number of benzene rings is 1. The molecule has 0 saturated carbocycles. The molecule has 0 bridgehead atoms. The average molecular weight is 386 g/mol. The second-order valence-corrected chi connectivity index (χ2v) is 7.96. The highest BCUT2D eigenvalue weighted by atomic mass is 19.4. The molecule has 1 saturated heterocycles. The summed E-state index contributed by atoms with van der Waals surface area (Å²) < 4.78 is 45.9. The quantitative estimate of drug-likeness (QED) is 0.812. The van der Waals surface area contributed by atoms with Crippen LogP contribution in [0.25, 0.3) is 0 Å². The Bertz CT molecular complexity index is 709. The van der Waals surface area contributed by atoms with E-state index in [2.05, 4.69) is 0 Å². The van der Waals surface area contributed by atoms with E-state index in [1.54, 1.807) is 32.6 Å². The van der Waals surface area contributed by atoms with Crippen molar-refractivity contribution in [3.05, 3.63) is 22.8 Å². The van der Waals surface area contributed by atoms with Crippen LogP contribution in [0.5, 0.6) is 0 Å². The molecule has 0 radical (unpaired) electrons. The number of nitrogens with zero attached hydrogens (tertiary/aromatic N) is 2. The van der Waals surface area contributed by atoms with E-state index in [1.165, 1.54) is 13.0 Å². The van der Waals surface area contributed by atoms with Crippen molar-refractivity contribution in [2.45, 2.75) is 46.8 Å². The van der Waals surface area contributed by atoms with E-state index in [4.69, 9.17) is 10.5 Å². The number of piperazine rings is 1. The van der Waals surface area contributed by atoms with Crippen LogP contribution in [0.15, 0.2) is 6.07 Å². The summed E-state index contributed by atoms with van der Waals surface area (Å²) in [6.45, 7) is 5.31. The summed E-state index contributed by atoms with van der Waals surface area (Å²) in [5.41, 5.74) is 6.58. The molecule has 5 nitrogen and oxygen atoms in total. The van der Waals surface area contributed by atoms with Crippen LogP contribution >= 0.6 is 0 Å². The Kier molecular flexibility index (Phi) is 6.04. The number of hydrogen-bond donors (Lipinski definition) is 1. The van der Waals surface area contributed by atoms with Gasteiger partial charge in [-0.3, -0.25) is 0 Å². The van der Waals surface area contributed by atoms with E-state index in [9.17, 15) is 17.7 Å². The molecular formula is C18H28BF3N3O2-. The van der Waals surface area contributed by atoms with Gasteiger partial charge in [-0.2, -0.15) is 0 Å². The molecule has 0 unspecified atom stereocenters. The molecule has 27 heavy (non-hydrogen) atoms. The molecule has 1 aromatic rings. The first-order chi connectivity index (χ1) is 12.3. The third kappa shape index (κ3) is 4.88. The van der Waals surface area contributed by atoms with Gasteiger partial charge in [-0.15, -0.1) is 5.46 Å². The van der Waals surface area contributed by atoms with E-state index < -0.39 is 24.1 Å². The lowest BCUT2D eigenvalue weighted by atomic mass is 9.74. The normalized spacial score (nSPS) is 15.9. The molecule has 9 heteroatoms. The lowest BCUT2D eigenvalue weighted by Gasteiger charge is -2.39. The molecular weight excluding hydrogens is 358 g/mol. The maximum absolute atomic E-state index is 13.5. The van der Waals surface area contributed by atoms with Gasteiger partial charge in [-0.25, -0.2) is 4.79 Å². The van der Waals surface area contributed by atoms with Crippen LogP contribution in [0, 0.1) is 13.8 Å². The van der Waals surface area contributed by atoms with Crippen molar-refractivity contribution in [3.8, 4) is 0 Å². The monoisotopic (exact) mass is 386 g/mol. The summed E-state index contributed by atoms with van der Waals surface area (Å²) in [5.74, 6) is 0. The van der Waals surface area contributed by atoms with Crippen LogP contribution in [0.3, 0.4) is 0 Å². The fourth-order valence-corrected chi connectivity index (χ4v) is 3.44. The third-order valence-corrected chi connectivity index (χ3v) is 4.77. The van der Waals surface area contributed by atoms with Gasteiger partial charge in [-0.05, 0) is 45.7 Å². The predicted molar refractivity (Wildman–Crippen MR) is 103 cm³/mol. The smallest absolute Gasteiger partial charge is 0.445 e. The Morgan fingerprint density at radius 2 is 1.70 bits per heavy atom. The lowest BCUT2D eigenvalue weighted by molar-refractivity contribution is 0.0240. The number of carbonyl (C=O) groups excluding carboxylic acids is 1. The topological polar surface area (TPSA) is 58.8 Å². The van der Waals surface area contributed by atoms with Crippen molar-refractivity contribution in [2.75, 3.05) is 31.1 Å². The number of hydrogen-bond acceptors (Lipinski definition) is 4. The van der Waals surface area contributed by atoms with E-state index in [1.807, 2.05) is 4.90 Å². The largest absolute Gasteiger partial charge is 0.509 e. The van der Waals surface area contributed by atoms with Gasteiger partial charge in [0.1, 0.15) is 5.60 Å². The molecule has 0 aromatic heterocycles. The highest BCUT2D eigenvalue weighted by Crippen LogP contribution is 2.30. The first-order valence-corrected chi connectivity index (χ1v) is 9.11. The molecule has 0 atom stereocenters. The van der Waals surface area contributed by atoms with Crippen molar-refractivity contribution in [1.82, 2.24) is 4.90 Å². The second-order valence-electron chi connectivity index (χ2n) is 7.96. The van der Waals surface area contributed by atoms with Crippen molar-refractivity contribution in [2.24, 2.45) is 5.73 Å². The van der Waals surface area contributed by atoms with E-state index in [0.29, 0.717) is 37.4 Å². The second kappa shape index (κ2) is 7.62. The van der Waals surface area contributed by atoms with Crippen LogP contribution < -0.4 is 16.1 Å². The number of carbonyl (C=O) groups is 1. The van der Waals surface area contributed by atoms with Gasteiger partial charge in [0.25, 0.3) is 0 Å². The number of amides is 1. The Morgan fingerprint density at radius 3 is 2.15 bits per heavy atom.